The second-order valence-corrected chi connectivity index (χ2v) is 7.36. The van der Waals surface area contributed by atoms with Gasteiger partial charge in [-0.15, -0.1) is 0 Å². The highest BCUT2D eigenvalue weighted by Crippen LogP contribution is 2.22. The van der Waals surface area contributed by atoms with Crippen LogP contribution in [0.3, 0.4) is 0 Å². The second kappa shape index (κ2) is 10.3. The quantitative estimate of drug-likeness (QED) is 0.355. The Kier molecular flexibility index (Phi) is 3.96. The molecule has 0 bridgehead atoms. The van der Waals surface area contributed by atoms with E-state index in [0.29, 0.717) is 5.69 Å². The molecule has 4 aromatic rings. The number of fused-ring (bicyclic) bond motifs is 1. The predicted octanol–water partition coefficient (Wildman–Crippen LogP) is 5.49. The first-order chi connectivity index (χ1) is 20.6. The highest BCUT2D eigenvalue weighted by molar-refractivity contribution is 5.98. The number of aryl methyl sites for hydroxylation is 2. The molecule has 0 radical (unpaired) electrons. The highest BCUT2D eigenvalue weighted by atomic mass is 16.5. The monoisotopic (exact) mass is 463 g/mol. The van der Waals surface area contributed by atoms with Crippen LogP contribution in [0, 0.1) is 13.7 Å². The molecule has 5 heteroatoms. The first-order valence-electron chi connectivity index (χ1n) is 15.7. The minimum absolute atomic E-state index is 0.232. The van der Waals surface area contributed by atoms with Gasteiger partial charge < -0.3 is 15.8 Å². The summed E-state index contributed by atoms with van der Waals surface area (Å²) in [5.41, 5.74) is 3.95. The van der Waals surface area contributed by atoms with Gasteiger partial charge in [-0.3, -0.25) is 4.79 Å². The van der Waals surface area contributed by atoms with Gasteiger partial charge in [0.05, 0.1) is 14.2 Å². The molecule has 4 aromatic carbocycles. The lowest BCUT2D eigenvalue weighted by atomic mass is 9.97. The van der Waals surface area contributed by atoms with E-state index in [-0.39, 0.29) is 16.7 Å². The Morgan fingerprint density at radius 2 is 1.79 bits per heavy atom. The Balaban J connectivity index is 1.61. The van der Waals surface area contributed by atoms with E-state index in [1.165, 1.54) is 0 Å². The number of amides is 1. The normalized spacial score (nSPS) is 19.0. The van der Waals surface area contributed by atoms with E-state index in [9.17, 15) is 9.59 Å². The molecule has 0 saturated carbocycles. The summed E-state index contributed by atoms with van der Waals surface area (Å²) in [6.07, 6.45) is 0. The zero-order chi connectivity index (χ0) is 33.6. The summed E-state index contributed by atoms with van der Waals surface area (Å²) in [5, 5.41) is 4.22. The van der Waals surface area contributed by atoms with Crippen LogP contribution in [0.4, 0.5) is 5.69 Å². The van der Waals surface area contributed by atoms with E-state index in [1.807, 2.05) is 18.2 Å². The van der Waals surface area contributed by atoms with Crippen LogP contribution in [0.2, 0.25) is 0 Å². The summed E-state index contributed by atoms with van der Waals surface area (Å²) in [6.45, 7) is -11.4. The van der Waals surface area contributed by atoms with E-state index in [0.717, 1.165) is 53.2 Å². The number of anilines is 1. The molecule has 0 spiro atoms. The number of carbonyl (C=O) groups is 2. The van der Waals surface area contributed by atoms with Crippen molar-refractivity contribution in [2.45, 2.75) is 26.2 Å². The smallest absolute Gasteiger partial charge is 0.338 e. The molecule has 172 valence electrons. The largest absolute Gasteiger partial charge is 0.457 e. The van der Waals surface area contributed by atoms with Crippen molar-refractivity contribution in [1.29, 1.82) is 0 Å². The summed E-state index contributed by atoms with van der Waals surface area (Å²) in [4.78, 5) is 26.3. The van der Waals surface area contributed by atoms with Gasteiger partial charge in [0.25, 0.3) is 0 Å². The van der Waals surface area contributed by atoms with Gasteiger partial charge in [0.2, 0.25) is 5.91 Å². The number of carbonyl (C=O) groups excluding carboxylic acids is 2. The average Bonchev–Trinajstić information content (AvgIpc) is 2.94. The van der Waals surface area contributed by atoms with Crippen LogP contribution < -0.4 is 11.1 Å². The second-order valence-electron chi connectivity index (χ2n) is 7.36. The third-order valence-corrected chi connectivity index (χ3v) is 5.05. The molecular weight excluding hydrogens is 424 g/mol. The molecule has 34 heavy (non-hydrogen) atoms. The number of nitrogens with one attached hydrogen (secondary N) is 1. The molecule has 4 rings (SSSR count). The summed E-state index contributed by atoms with van der Waals surface area (Å²) in [7, 11) is 0. The van der Waals surface area contributed by atoms with Crippen LogP contribution in [0.1, 0.15) is 53.6 Å². The molecule has 0 fully saturated rings. The Hall–Kier alpha value is -3.96. The van der Waals surface area contributed by atoms with Crippen molar-refractivity contribution in [2.75, 3.05) is 11.8 Å². The molecule has 5 nitrogen and oxygen atoms in total. The Bertz CT molecular complexity index is 1750. The fourth-order valence-corrected chi connectivity index (χ4v) is 3.33. The summed E-state index contributed by atoms with van der Waals surface area (Å²) < 4.78 is 92.5. The first kappa shape index (κ1) is 13.1. The van der Waals surface area contributed by atoms with Crippen molar-refractivity contribution in [1.82, 2.24) is 0 Å². The molecule has 1 atom stereocenters. The molecule has 0 unspecified atom stereocenters. The van der Waals surface area contributed by atoms with Crippen LogP contribution >= 0.6 is 0 Å². The number of esters is 1. The maximum absolute atomic E-state index is 13.4. The van der Waals surface area contributed by atoms with Gasteiger partial charge in [0.1, 0.15) is 6.56 Å². The molecule has 0 aromatic heterocycles. The van der Waals surface area contributed by atoms with E-state index in [1.54, 1.807) is 24.3 Å². The Morgan fingerprint density at radius 3 is 2.53 bits per heavy atom. The van der Waals surface area contributed by atoms with Gasteiger partial charge in [-0.1, -0.05) is 72.3 Å². The molecule has 0 heterocycles. The van der Waals surface area contributed by atoms with Crippen molar-refractivity contribution < 1.29 is 29.4 Å². The lowest BCUT2D eigenvalue weighted by Gasteiger charge is -2.16. The van der Waals surface area contributed by atoms with Gasteiger partial charge in [-0.05, 0) is 59.4 Å². The number of benzene rings is 4. The zero-order valence-corrected chi connectivity index (χ0v) is 17.9. The standard InChI is InChI=1S/C29H28N2O3/c1-19-7-14-26(20(2)15-19)29(33)34-18-21-8-10-23(11-9-21)27(17-30)28(32)31-25-13-12-22-5-3-4-6-24(22)16-25/h3-16,27H,17-18,30H2,1-2H3,(H,31,32)/t27-/m0/s1/i1D3,2D3,17D2,18D2,27D. The van der Waals surface area contributed by atoms with Crippen molar-refractivity contribution >= 4 is 28.3 Å². The van der Waals surface area contributed by atoms with E-state index in [4.69, 9.17) is 25.5 Å². The fraction of sp³-hybridized carbons (Fsp3) is 0.172. The number of hydrogen-bond donors (Lipinski definition) is 2. The number of ether oxygens (including phenoxy) is 1. The van der Waals surface area contributed by atoms with Crippen molar-refractivity contribution in [3.05, 3.63) is 113 Å². The summed E-state index contributed by atoms with van der Waals surface area (Å²) in [6, 6.07) is 19.5. The van der Waals surface area contributed by atoms with Crippen molar-refractivity contribution in [3.8, 4) is 0 Å². The molecular formula is C29H28N2O3. The highest BCUT2D eigenvalue weighted by Gasteiger charge is 2.19. The van der Waals surface area contributed by atoms with Crippen molar-refractivity contribution in [3.63, 3.8) is 0 Å². The molecule has 0 aliphatic carbocycles. The Labute approximate surface area is 215 Å². The molecule has 1 amide bonds. The minimum Gasteiger partial charge on any atom is -0.457 e. The lowest BCUT2D eigenvalue weighted by Crippen LogP contribution is -2.27. The van der Waals surface area contributed by atoms with Gasteiger partial charge in [-0.2, -0.15) is 0 Å². The number of rotatable bonds is 7. The summed E-state index contributed by atoms with van der Waals surface area (Å²) in [5.74, 6) is -5.18. The van der Waals surface area contributed by atoms with E-state index in [2.05, 4.69) is 5.32 Å². The van der Waals surface area contributed by atoms with E-state index >= 15 is 0 Å². The van der Waals surface area contributed by atoms with Crippen LogP contribution in [-0.2, 0) is 16.1 Å². The fourth-order valence-electron chi connectivity index (χ4n) is 3.33. The van der Waals surface area contributed by atoms with Crippen LogP contribution in [-0.4, -0.2) is 18.4 Å². The number of hydrogen-bond acceptors (Lipinski definition) is 4. The van der Waals surface area contributed by atoms with Crippen LogP contribution in [0.15, 0.2) is 84.9 Å². The topological polar surface area (TPSA) is 81.4 Å². The molecule has 0 saturated heterocycles. The van der Waals surface area contributed by atoms with E-state index < -0.39 is 55.7 Å². The van der Waals surface area contributed by atoms with Gasteiger partial charge >= 0.3 is 5.97 Å². The molecule has 0 aliphatic heterocycles. The van der Waals surface area contributed by atoms with Crippen molar-refractivity contribution in [2.24, 2.45) is 5.73 Å². The Morgan fingerprint density at radius 1 is 1.00 bits per heavy atom. The maximum atomic E-state index is 13.4. The summed E-state index contributed by atoms with van der Waals surface area (Å²) >= 11 is 0. The van der Waals surface area contributed by atoms with Crippen LogP contribution in [0.5, 0.6) is 0 Å². The zero-order valence-electron chi connectivity index (χ0n) is 28.9. The van der Waals surface area contributed by atoms with Gasteiger partial charge in [0, 0.05) is 24.5 Å². The molecule has 3 N–H and O–H groups in total. The van der Waals surface area contributed by atoms with Gasteiger partial charge in [-0.25, -0.2) is 4.79 Å². The lowest BCUT2D eigenvalue weighted by molar-refractivity contribution is -0.117. The third-order valence-electron chi connectivity index (χ3n) is 5.05. The predicted molar refractivity (Wildman–Crippen MR) is 136 cm³/mol. The SMILES string of the molecule is [2H]C([2H])([2H])c1ccc(C(=O)OC([2H])([2H])c2ccc([C@@]([2H])(C(=O)Nc3ccc4ccccc4c3)C([2H])([2H])N)cc2)c(C([2H])([2H])[2H])c1. The first-order valence-corrected chi connectivity index (χ1v) is 10.2. The van der Waals surface area contributed by atoms with Crippen LogP contribution in [0.25, 0.3) is 10.8 Å². The minimum atomic E-state index is -2.92. The molecule has 0 aliphatic rings. The maximum Gasteiger partial charge on any atom is 0.338 e. The van der Waals surface area contributed by atoms with Gasteiger partial charge in [0.15, 0.2) is 0 Å². The third kappa shape index (κ3) is 5.33. The average molecular weight is 464 g/mol. The number of nitrogens with two attached hydrogens (primary N) is 1.